The van der Waals surface area contributed by atoms with E-state index in [2.05, 4.69) is 5.32 Å². The minimum atomic E-state index is -3.83. The Kier molecular flexibility index (Phi) is 3.56. The number of morpholine rings is 1. The number of sulfone groups is 1. The second-order valence-corrected chi connectivity index (χ2v) is 6.11. The van der Waals surface area contributed by atoms with E-state index in [4.69, 9.17) is 4.74 Å². The first-order valence-corrected chi connectivity index (χ1v) is 7.34. The summed E-state index contributed by atoms with van der Waals surface area (Å²) in [5.74, 6) is -1.52. The molecule has 1 aromatic rings. The predicted molar refractivity (Wildman–Crippen MR) is 62.7 cm³/mol. The van der Waals surface area contributed by atoms with Gasteiger partial charge in [-0.05, 0) is 12.1 Å². The molecule has 1 fully saturated rings. The van der Waals surface area contributed by atoms with E-state index in [9.17, 15) is 17.9 Å². The summed E-state index contributed by atoms with van der Waals surface area (Å²) in [6, 6.07) is 2.52. The van der Waals surface area contributed by atoms with Gasteiger partial charge in [-0.25, -0.2) is 12.8 Å². The topological polar surface area (TPSA) is 75.6 Å². The number of hydrogen-bond donors (Lipinski definition) is 2. The summed E-state index contributed by atoms with van der Waals surface area (Å²) in [5, 5.41) is 12.5. The third kappa shape index (κ3) is 2.47. The Morgan fingerprint density at radius 2 is 2.22 bits per heavy atom. The highest BCUT2D eigenvalue weighted by Crippen LogP contribution is 2.32. The van der Waals surface area contributed by atoms with Crippen LogP contribution in [0.15, 0.2) is 17.0 Å². The standard InChI is InChI=1S/C11H14FNO4S/c1-18(15,16)11-8(14)3-2-7(10(11)12)9-6-13-4-5-17-9/h2-3,9,13-14H,4-6H2,1H3. The fourth-order valence-corrected chi connectivity index (χ4v) is 2.82. The number of nitrogens with one attached hydrogen (secondary N) is 1. The van der Waals surface area contributed by atoms with Crippen molar-refractivity contribution in [2.24, 2.45) is 0 Å². The lowest BCUT2D eigenvalue weighted by molar-refractivity contribution is 0.0252. The van der Waals surface area contributed by atoms with Crippen LogP contribution in [0.1, 0.15) is 11.7 Å². The third-order valence-electron chi connectivity index (χ3n) is 2.75. The Bertz CT molecular complexity index is 552. The molecule has 0 saturated carbocycles. The molecule has 1 aliphatic heterocycles. The minimum Gasteiger partial charge on any atom is -0.506 e. The molecule has 0 aromatic heterocycles. The number of aromatic hydroxyl groups is 1. The van der Waals surface area contributed by atoms with Gasteiger partial charge in [0.05, 0.1) is 12.7 Å². The number of phenols is 1. The Hall–Kier alpha value is -1.18. The highest BCUT2D eigenvalue weighted by Gasteiger charge is 2.26. The molecule has 7 heteroatoms. The monoisotopic (exact) mass is 275 g/mol. The average molecular weight is 275 g/mol. The summed E-state index contributed by atoms with van der Waals surface area (Å²) in [5.41, 5.74) is 0.139. The van der Waals surface area contributed by atoms with Crippen molar-refractivity contribution in [3.63, 3.8) is 0 Å². The molecule has 0 radical (unpaired) electrons. The summed E-state index contributed by atoms with van der Waals surface area (Å²) in [6.07, 6.45) is 0.314. The van der Waals surface area contributed by atoms with Crippen LogP contribution in [0, 0.1) is 5.82 Å². The molecular weight excluding hydrogens is 261 g/mol. The first-order valence-electron chi connectivity index (χ1n) is 5.45. The first-order chi connectivity index (χ1) is 8.41. The van der Waals surface area contributed by atoms with E-state index in [-0.39, 0.29) is 5.56 Å². The predicted octanol–water partition coefficient (Wildman–Crippen LogP) is 0.596. The molecular formula is C11H14FNO4S. The van der Waals surface area contributed by atoms with Crippen molar-refractivity contribution >= 4 is 9.84 Å². The highest BCUT2D eigenvalue weighted by molar-refractivity contribution is 7.90. The van der Waals surface area contributed by atoms with Crippen molar-refractivity contribution in [1.29, 1.82) is 0 Å². The third-order valence-corrected chi connectivity index (χ3v) is 3.88. The lowest BCUT2D eigenvalue weighted by atomic mass is 10.1. The van der Waals surface area contributed by atoms with Crippen molar-refractivity contribution in [1.82, 2.24) is 5.32 Å². The van der Waals surface area contributed by atoms with E-state index in [1.807, 2.05) is 0 Å². The molecule has 0 spiro atoms. The number of rotatable bonds is 2. The molecule has 1 aromatic carbocycles. The normalized spacial score (nSPS) is 20.9. The van der Waals surface area contributed by atoms with Crippen LogP contribution in [0.3, 0.4) is 0 Å². The maximum Gasteiger partial charge on any atom is 0.182 e. The zero-order valence-electron chi connectivity index (χ0n) is 9.81. The van der Waals surface area contributed by atoms with E-state index in [1.165, 1.54) is 12.1 Å². The number of hydrogen-bond acceptors (Lipinski definition) is 5. The second kappa shape index (κ2) is 4.83. The van der Waals surface area contributed by atoms with Gasteiger partial charge in [0, 0.05) is 24.9 Å². The van der Waals surface area contributed by atoms with Crippen LogP contribution in [0.5, 0.6) is 5.75 Å². The quantitative estimate of drug-likeness (QED) is 0.826. The molecule has 0 aliphatic carbocycles. The van der Waals surface area contributed by atoms with Crippen LogP contribution >= 0.6 is 0 Å². The fraction of sp³-hybridized carbons (Fsp3) is 0.455. The molecule has 1 atom stereocenters. The number of benzene rings is 1. The van der Waals surface area contributed by atoms with Crippen molar-refractivity contribution in [3.8, 4) is 5.75 Å². The van der Waals surface area contributed by atoms with Gasteiger partial charge < -0.3 is 15.2 Å². The molecule has 1 unspecified atom stereocenters. The molecule has 0 bridgehead atoms. The highest BCUT2D eigenvalue weighted by atomic mass is 32.2. The summed E-state index contributed by atoms with van der Waals surface area (Å²) in [7, 11) is -3.83. The maximum atomic E-state index is 14.2. The van der Waals surface area contributed by atoms with Crippen molar-refractivity contribution < 1.29 is 22.7 Å². The van der Waals surface area contributed by atoms with Crippen LogP contribution in [0.25, 0.3) is 0 Å². The molecule has 2 N–H and O–H groups in total. The van der Waals surface area contributed by atoms with Crippen molar-refractivity contribution in [2.45, 2.75) is 11.0 Å². The SMILES string of the molecule is CS(=O)(=O)c1c(O)ccc(C2CNCCO2)c1F. The Morgan fingerprint density at radius 1 is 1.50 bits per heavy atom. The van der Waals surface area contributed by atoms with Gasteiger partial charge in [-0.15, -0.1) is 0 Å². The van der Waals surface area contributed by atoms with E-state index < -0.39 is 32.4 Å². The lowest BCUT2D eigenvalue weighted by Gasteiger charge is -2.24. The Labute approximate surface area is 104 Å². The van der Waals surface area contributed by atoms with Gasteiger partial charge in [0.15, 0.2) is 15.7 Å². The van der Waals surface area contributed by atoms with Gasteiger partial charge in [-0.1, -0.05) is 0 Å². The minimum absolute atomic E-state index is 0.139. The largest absolute Gasteiger partial charge is 0.506 e. The van der Waals surface area contributed by atoms with Gasteiger partial charge >= 0.3 is 0 Å². The Balaban J connectivity index is 2.50. The van der Waals surface area contributed by atoms with Gasteiger partial charge in [-0.2, -0.15) is 0 Å². The lowest BCUT2D eigenvalue weighted by Crippen LogP contribution is -2.33. The van der Waals surface area contributed by atoms with Gasteiger partial charge in [-0.3, -0.25) is 0 Å². The van der Waals surface area contributed by atoms with Gasteiger partial charge in [0.2, 0.25) is 0 Å². The first kappa shape index (κ1) is 13.3. The summed E-state index contributed by atoms with van der Waals surface area (Å²) < 4.78 is 42.4. The number of ether oxygens (including phenoxy) is 1. The molecule has 18 heavy (non-hydrogen) atoms. The average Bonchev–Trinajstić information content (AvgIpc) is 2.28. The van der Waals surface area contributed by atoms with E-state index in [1.54, 1.807) is 0 Å². The molecule has 5 nitrogen and oxygen atoms in total. The van der Waals surface area contributed by atoms with Crippen LogP contribution < -0.4 is 5.32 Å². The van der Waals surface area contributed by atoms with Crippen LogP contribution in [-0.4, -0.2) is 39.5 Å². The van der Waals surface area contributed by atoms with E-state index in [0.29, 0.717) is 19.7 Å². The number of phenolic OH excluding ortho intramolecular Hbond substituents is 1. The smallest absolute Gasteiger partial charge is 0.182 e. The second-order valence-electron chi connectivity index (χ2n) is 4.15. The van der Waals surface area contributed by atoms with E-state index in [0.717, 1.165) is 6.26 Å². The van der Waals surface area contributed by atoms with Gasteiger partial charge in [0.25, 0.3) is 0 Å². The van der Waals surface area contributed by atoms with Crippen LogP contribution in [0.4, 0.5) is 4.39 Å². The molecule has 100 valence electrons. The summed E-state index contributed by atoms with van der Waals surface area (Å²) in [4.78, 5) is -0.672. The Morgan fingerprint density at radius 3 is 2.78 bits per heavy atom. The van der Waals surface area contributed by atoms with E-state index >= 15 is 0 Å². The summed E-state index contributed by atoms with van der Waals surface area (Å²) >= 11 is 0. The van der Waals surface area contributed by atoms with Crippen LogP contribution in [0.2, 0.25) is 0 Å². The zero-order valence-corrected chi connectivity index (χ0v) is 10.6. The van der Waals surface area contributed by atoms with Crippen LogP contribution in [-0.2, 0) is 14.6 Å². The fourth-order valence-electron chi connectivity index (χ4n) is 1.93. The molecule has 2 rings (SSSR count). The maximum absolute atomic E-state index is 14.2. The summed E-state index contributed by atoms with van der Waals surface area (Å²) in [6.45, 7) is 1.51. The molecule has 0 amide bonds. The zero-order chi connectivity index (χ0) is 13.3. The molecule has 1 saturated heterocycles. The van der Waals surface area contributed by atoms with Crippen molar-refractivity contribution in [3.05, 3.63) is 23.5 Å². The van der Waals surface area contributed by atoms with Gasteiger partial charge in [0.1, 0.15) is 10.6 Å². The number of halogens is 1. The molecule has 1 heterocycles. The molecule has 1 aliphatic rings. The van der Waals surface area contributed by atoms with Crippen molar-refractivity contribution in [2.75, 3.05) is 26.0 Å².